The van der Waals surface area contributed by atoms with E-state index in [9.17, 15) is 0 Å². The first-order chi connectivity index (χ1) is 13.2. The molecule has 0 amide bonds. The normalized spacial score (nSPS) is 11.6. The fraction of sp³-hybridized carbons (Fsp3) is 0.522. The Morgan fingerprint density at radius 3 is 2.26 bits per heavy atom. The summed E-state index contributed by atoms with van der Waals surface area (Å²) >= 11 is 0. The third-order valence-electron chi connectivity index (χ3n) is 4.66. The van der Waals surface area contributed by atoms with Crippen molar-refractivity contribution >= 4 is 11.7 Å². The Balaban J connectivity index is 2.19. The summed E-state index contributed by atoms with van der Waals surface area (Å²) in [4.78, 5) is 9.30. The first-order valence-corrected chi connectivity index (χ1v) is 10.4. The second-order valence-electron chi connectivity index (χ2n) is 7.10. The van der Waals surface area contributed by atoms with Crippen LogP contribution in [0.2, 0.25) is 0 Å². The molecule has 0 aliphatic heterocycles. The third kappa shape index (κ3) is 6.78. The van der Waals surface area contributed by atoms with Crippen LogP contribution in [0.15, 0.2) is 35.4 Å². The van der Waals surface area contributed by atoms with Gasteiger partial charge in [-0.3, -0.25) is 0 Å². The molecule has 0 fully saturated rings. The number of unbranched alkanes of at least 4 members (excludes halogenated alkanes) is 2. The average molecular weight is 367 g/mol. The summed E-state index contributed by atoms with van der Waals surface area (Å²) in [7, 11) is 0. The van der Waals surface area contributed by atoms with Gasteiger partial charge < -0.3 is 0 Å². The van der Waals surface area contributed by atoms with Crippen molar-refractivity contribution in [3.63, 3.8) is 0 Å². The maximum absolute atomic E-state index is 4.66. The van der Waals surface area contributed by atoms with Gasteiger partial charge in [-0.1, -0.05) is 64.3 Å². The zero-order valence-electron chi connectivity index (χ0n) is 17.4. The van der Waals surface area contributed by atoms with E-state index >= 15 is 0 Å². The summed E-state index contributed by atoms with van der Waals surface area (Å²) in [5, 5.41) is 4.60. The van der Waals surface area contributed by atoms with Gasteiger partial charge in [-0.15, -0.1) is 0 Å². The van der Waals surface area contributed by atoms with Crippen molar-refractivity contribution in [2.24, 2.45) is 5.10 Å². The van der Waals surface area contributed by atoms with Crippen LogP contribution < -0.4 is 5.43 Å². The molecule has 1 N–H and O–H groups in total. The summed E-state index contributed by atoms with van der Waals surface area (Å²) < 4.78 is 0. The molecule has 0 radical (unpaired) electrons. The van der Waals surface area contributed by atoms with Crippen LogP contribution in [-0.4, -0.2) is 15.7 Å². The van der Waals surface area contributed by atoms with Gasteiger partial charge in [-0.05, 0) is 50.7 Å². The molecule has 0 saturated carbocycles. The maximum atomic E-state index is 4.66. The highest BCUT2D eigenvalue weighted by atomic mass is 15.4. The van der Waals surface area contributed by atoms with E-state index in [1.165, 1.54) is 30.4 Å². The van der Waals surface area contributed by atoms with E-state index in [2.05, 4.69) is 71.6 Å². The second kappa shape index (κ2) is 11.5. The number of hydrazone groups is 1. The van der Waals surface area contributed by atoms with Crippen molar-refractivity contribution in [3.8, 4) is 0 Å². The number of rotatable bonds is 11. The number of benzene rings is 1. The highest BCUT2D eigenvalue weighted by Crippen LogP contribution is 2.15. The van der Waals surface area contributed by atoms with E-state index in [-0.39, 0.29) is 0 Å². The fourth-order valence-electron chi connectivity index (χ4n) is 3.13. The Morgan fingerprint density at radius 2 is 1.56 bits per heavy atom. The van der Waals surface area contributed by atoms with Crippen LogP contribution in [0.3, 0.4) is 0 Å². The van der Waals surface area contributed by atoms with E-state index in [4.69, 9.17) is 0 Å². The number of hydrogen-bond donors (Lipinski definition) is 1. The predicted octanol–water partition coefficient (Wildman–Crippen LogP) is 5.95. The van der Waals surface area contributed by atoms with Crippen molar-refractivity contribution in [1.82, 2.24) is 9.97 Å². The number of aryl methyl sites for hydroxylation is 3. The van der Waals surface area contributed by atoms with Gasteiger partial charge in [0.05, 0.1) is 5.71 Å². The molecule has 0 bridgehead atoms. The minimum absolute atomic E-state index is 0.609. The molecule has 0 aliphatic rings. The SMILES string of the molecule is CCCCc1cc(CCC)nc(NN=C(C)c2ccccc2CCCC)n1. The first kappa shape index (κ1) is 21.1. The number of aromatic nitrogens is 2. The zero-order valence-corrected chi connectivity index (χ0v) is 17.4. The number of hydrogen-bond acceptors (Lipinski definition) is 4. The molecule has 1 aromatic carbocycles. The van der Waals surface area contributed by atoms with Gasteiger partial charge in [0, 0.05) is 17.0 Å². The Morgan fingerprint density at radius 1 is 0.889 bits per heavy atom. The van der Waals surface area contributed by atoms with E-state index < -0.39 is 0 Å². The standard InChI is InChI=1S/C23H34N4/c1-5-8-13-19-14-10-11-16-22(19)18(4)26-27-23-24-20(12-7-3)17-21(25-23)15-9-6-2/h10-11,14,16-17H,5-9,12-13,15H2,1-4H3,(H,24,25,27). The fourth-order valence-corrected chi connectivity index (χ4v) is 3.13. The van der Waals surface area contributed by atoms with Gasteiger partial charge in [0.25, 0.3) is 0 Å². The van der Waals surface area contributed by atoms with Crippen LogP contribution in [0.5, 0.6) is 0 Å². The predicted molar refractivity (Wildman–Crippen MR) is 116 cm³/mol. The van der Waals surface area contributed by atoms with Crippen LogP contribution in [0.25, 0.3) is 0 Å². The molecule has 4 nitrogen and oxygen atoms in total. The Labute approximate surface area is 164 Å². The molecule has 2 aromatic rings. The van der Waals surface area contributed by atoms with Crippen molar-refractivity contribution in [1.29, 1.82) is 0 Å². The molecule has 27 heavy (non-hydrogen) atoms. The monoisotopic (exact) mass is 366 g/mol. The smallest absolute Gasteiger partial charge is 0.243 e. The summed E-state index contributed by atoms with van der Waals surface area (Å²) in [5.74, 6) is 0.609. The number of nitrogens with zero attached hydrogens (tertiary/aromatic N) is 3. The molecule has 4 heteroatoms. The van der Waals surface area contributed by atoms with Gasteiger partial charge in [-0.25, -0.2) is 15.4 Å². The minimum Gasteiger partial charge on any atom is -0.245 e. The van der Waals surface area contributed by atoms with Gasteiger partial charge in [0.1, 0.15) is 0 Å². The van der Waals surface area contributed by atoms with Crippen LogP contribution in [0, 0.1) is 0 Å². The molecule has 1 aromatic heterocycles. The highest BCUT2D eigenvalue weighted by molar-refractivity contribution is 6.00. The first-order valence-electron chi connectivity index (χ1n) is 10.4. The molecule has 0 aliphatic carbocycles. The van der Waals surface area contributed by atoms with Crippen molar-refractivity contribution in [2.75, 3.05) is 5.43 Å². The number of nitrogens with one attached hydrogen (secondary N) is 1. The Kier molecular flexibility index (Phi) is 8.96. The van der Waals surface area contributed by atoms with E-state index in [0.717, 1.165) is 49.2 Å². The largest absolute Gasteiger partial charge is 0.245 e. The lowest BCUT2D eigenvalue weighted by Gasteiger charge is -2.10. The lowest BCUT2D eigenvalue weighted by Crippen LogP contribution is -2.07. The molecule has 0 atom stereocenters. The van der Waals surface area contributed by atoms with Crippen LogP contribution in [0.4, 0.5) is 5.95 Å². The van der Waals surface area contributed by atoms with Crippen LogP contribution >= 0.6 is 0 Å². The lowest BCUT2D eigenvalue weighted by atomic mass is 9.99. The topological polar surface area (TPSA) is 50.2 Å². The molecule has 0 saturated heterocycles. The molecule has 2 rings (SSSR count). The number of anilines is 1. The second-order valence-corrected chi connectivity index (χ2v) is 7.10. The molecule has 0 spiro atoms. The van der Waals surface area contributed by atoms with E-state index in [0.29, 0.717) is 5.95 Å². The summed E-state index contributed by atoms with van der Waals surface area (Å²) in [6.07, 6.45) is 8.84. The van der Waals surface area contributed by atoms with Crippen molar-refractivity contribution in [2.45, 2.75) is 79.1 Å². The summed E-state index contributed by atoms with van der Waals surface area (Å²) in [6.45, 7) is 8.65. The average Bonchev–Trinajstić information content (AvgIpc) is 2.69. The summed E-state index contributed by atoms with van der Waals surface area (Å²) in [5.41, 5.74) is 8.84. The molecule has 146 valence electrons. The molecular weight excluding hydrogens is 332 g/mol. The quantitative estimate of drug-likeness (QED) is 0.395. The molecule has 1 heterocycles. The Hall–Kier alpha value is -2.23. The van der Waals surface area contributed by atoms with E-state index in [1.807, 2.05) is 6.92 Å². The van der Waals surface area contributed by atoms with Gasteiger partial charge in [0.2, 0.25) is 5.95 Å². The minimum atomic E-state index is 0.609. The Bertz CT molecular complexity index is 737. The molecule has 0 unspecified atom stereocenters. The van der Waals surface area contributed by atoms with E-state index in [1.54, 1.807) is 0 Å². The zero-order chi connectivity index (χ0) is 19.5. The van der Waals surface area contributed by atoms with Crippen molar-refractivity contribution in [3.05, 3.63) is 52.8 Å². The molecular formula is C23H34N4. The summed E-state index contributed by atoms with van der Waals surface area (Å²) in [6, 6.07) is 10.7. The van der Waals surface area contributed by atoms with Gasteiger partial charge >= 0.3 is 0 Å². The van der Waals surface area contributed by atoms with Crippen molar-refractivity contribution < 1.29 is 0 Å². The highest BCUT2D eigenvalue weighted by Gasteiger charge is 2.07. The third-order valence-corrected chi connectivity index (χ3v) is 4.66. The maximum Gasteiger partial charge on any atom is 0.243 e. The van der Waals surface area contributed by atoms with Gasteiger partial charge in [-0.2, -0.15) is 5.10 Å². The lowest BCUT2D eigenvalue weighted by molar-refractivity contribution is 0.765. The van der Waals surface area contributed by atoms with Gasteiger partial charge in [0.15, 0.2) is 0 Å². The van der Waals surface area contributed by atoms with Crippen LogP contribution in [-0.2, 0) is 19.3 Å². The van der Waals surface area contributed by atoms with Crippen LogP contribution in [0.1, 0.15) is 82.3 Å².